The minimum Gasteiger partial charge on any atom is -0.479 e. The Morgan fingerprint density at radius 1 is 1.03 bits per heavy atom. The second kappa shape index (κ2) is 8.13. The van der Waals surface area contributed by atoms with Crippen molar-refractivity contribution in [3.8, 4) is 0 Å². The number of ether oxygens (including phenoxy) is 1. The van der Waals surface area contributed by atoms with Gasteiger partial charge in [-0.3, -0.25) is 0 Å². The maximum absolute atomic E-state index is 12.2. The van der Waals surface area contributed by atoms with Crippen LogP contribution in [0, 0.1) is 20.8 Å². The lowest BCUT2D eigenvalue weighted by Crippen LogP contribution is -2.29. The maximum Gasteiger partial charge on any atom is 0.337 e. The molecular formula is C25H31NO3. The van der Waals surface area contributed by atoms with Gasteiger partial charge >= 0.3 is 5.97 Å². The summed E-state index contributed by atoms with van der Waals surface area (Å²) in [6, 6.07) is 8.30. The first-order valence-corrected chi connectivity index (χ1v) is 10.1. The van der Waals surface area contributed by atoms with Gasteiger partial charge in [-0.2, -0.15) is 0 Å². The van der Waals surface area contributed by atoms with Crippen molar-refractivity contribution >= 4 is 18.1 Å². The molecule has 2 aromatic rings. The number of carboxylic acid groups (broad SMARTS) is 1. The number of hydrogen-bond donors (Lipinski definition) is 2. The molecule has 29 heavy (non-hydrogen) atoms. The Labute approximate surface area is 173 Å². The molecule has 0 saturated carbocycles. The molecule has 0 bridgehead atoms. The summed E-state index contributed by atoms with van der Waals surface area (Å²) >= 11 is 0. The molecule has 0 unspecified atom stereocenters. The van der Waals surface area contributed by atoms with Crippen molar-refractivity contribution in [3.05, 3.63) is 68.8 Å². The number of carbonyl (C=O) groups is 1. The molecule has 4 nitrogen and oxygen atoms in total. The molecule has 0 saturated heterocycles. The molecule has 1 aliphatic rings. The summed E-state index contributed by atoms with van der Waals surface area (Å²) < 4.78 is 6.04. The summed E-state index contributed by atoms with van der Waals surface area (Å²) in [5.41, 5.74) is 8.04. The third-order valence-electron chi connectivity index (χ3n) is 5.45. The molecular weight excluding hydrogens is 362 g/mol. The maximum atomic E-state index is 12.2. The number of fused-ring (bicyclic) bond motifs is 1. The quantitative estimate of drug-likeness (QED) is 0.675. The number of hydrogen-bond acceptors (Lipinski definition) is 3. The van der Waals surface area contributed by atoms with Crippen LogP contribution < -0.4 is 5.32 Å². The van der Waals surface area contributed by atoms with Crippen molar-refractivity contribution in [2.45, 2.75) is 66.3 Å². The van der Waals surface area contributed by atoms with Crippen molar-refractivity contribution in [3.63, 3.8) is 0 Å². The van der Waals surface area contributed by atoms with Gasteiger partial charge in [0.05, 0.1) is 5.60 Å². The van der Waals surface area contributed by atoms with E-state index in [0.29, 0.717) is 0 Å². The highest BCUT2D eigenvalue weighted by molar-refractivity contribution is 5.82. The van der Waals surface area contributed by atoms with E-state index < -0.39 is 17.7 Å². The van der Waals surface area contributed by atoms with Crippen LogP contribution >= 0.6 is 0 Å². The highest BCUT2D eigenvalue weighted by Gasteiger charge is 2.33. The molecule has 0 fully saturated rings. The summed E-state index contributed by atoms with van der Waals surface area (Å²) in [6.07, 6.45) is 3.08. The van der Waals surface area contributed by atoms with Crippen molar-refractivity contribution < 1.29 is 14.6 Å². The Morgan fingerprint density at radius 3 is 2.17 bits per heavy atom. The summed E-state index contributed by atoms with van der Waals surface area (Å²) in [4.78, 5) is 12.2. The highest BCUT2D eigenvalue weighted by Crippen LogP contribution is 2.38. The van der Waals surface area contributed by atoms with Crippen LogP contribution in [0.25, 0.3) is 12.2 Å². The molecule has 0 aliphatic carbocycles. The Bertz CT molecular complexity index is 950. The van der Waals surface area contributed by atoms with Crippen molar-refractivity contribution in [1.82, 2.24) is 5.32 Å². The van der Waals surface area contributed by atoms with Crippen molar-refractivity contribution in [2.75, 3.05) is 0 Å². The van der Waals surface area contributed by atoms with Gasteiger partial charge in [0.2, 0.25) is 0 Å². The lowest BCUT2D eigenvalue weighted by Gasteiger charge is -2.29. The smallest absolute Gasteiger partial charge is 0.337 e. The number of aryl methyl sites for hydroxylation is 1. The van der Waals surface area contributed by atoms with Crippen LogP contribution in [-0.4, -0.2) is 16.7 Å². The molecule has 1 atom stereocenters. The molecule has 4 heteroatoms. The number of aliphatic carboxylic acids is 1. The van der Waals surface area contributed by atoms with Crippen LogP contribution in [0.2, 0.25) is 0 Å². The Kier molecular flexibility index (Phi) is 5.97. The van der Waals surface area contributed by atoms with E-state index in [1.165, 1.54) is 16.7 Å². The van der Waals surface area contributed by atoms with Gasteiger partial charge in [-0.05, 0) is 74.9 Å². The van der Waals surface area contributed by atoms with E-state index in [0.717, 1.165) is 40.9 Å². The Balaban J connectivity index is 2.19. The van der Waals surface area contributed by atoms with Crippen LogP contribution in [0.1, 0.15) is 71.4 Å². The zero-order valence-corrected chi connectivity index (χ0v) is 18.2. The van der Waals surface area contributed by atoms with Crippen LogP contribution in [0.3, 0.4) is 0 Å². The topological polar surface area (TPSA) is 58.6 Å². The van der Waals surface area contributed by atoms with Crippen LogP contribution in [0.15, 0.2) is 24.3 Å². The summed E-state index contributed by atoms with van der Waals surface area (Å²) in [5, 5.41) is 13.4. The second-order valence-corrected chi connectivity index (χ2v) is 8.83. The molecule has 0 amide bonds. The van der Waals surface area contributed by atoms with Crippen LogP contribution in [0.5, 0.6) is 0 Å². The van der Waals surface area contributed by atoms with E-state index in [1.807, 2.05) is 33.8 Å². The second-order valence-electron chi connectivity index (χ2n) is 8.83. The van der Waals surface area contributed by atoms with E-state index in [4.69, 9.17) is 4.74 Å². The predicted molar refractivity (Wildman–Crippen MR) is 118 cm³/mol. The Hall–Kier alpha value is -2.43. The lowest BCUT2D eigenvalue weighted by molar-refractivity contribution is -0.160. The largest absolute Gasteiger partial charge is 0.479 e. The number of nitrogens with one attached hydrogen (secondary N) is 1. The van der Waals surface area contributed by atoms with E-state index in [-0.39, 0.29) is 0 Å². The van der Waals surface area contributed by atoms with Gasteiger partial charge in [0, 0.05) is 18.7 Å². The van der Waals surface area contributed by atoms with Crippen molar-refractivity contribution in [2.24, 2.45) is 0 Å². The average Bonchev–Trinajstić information content (AvgIpc) is 3.13. The van der Waals surface area contributed by atoms with Crippen molar-refractivity contribution in [1.29, 1.82) is 0 Å². The zero-order valence-electron chi connectivity index (χ0n) is 18.2. The highest BCUT2D eigenvalue weighted by atomic mass is 16.5. The standard InChI is InChI=1S/C25H31NO3/c1-15-7-9-18(10-8-15)11-12-19-16(2)20-13-26-14-21(20)17(3)22(19)23(24(27)28)29-25(4,5)6/h7-12,23,26H,13-14H2,1-6H3,(H,27,28)/t23-/m0/s1. The van der Waals surface area contributed by atoms with Gasteiger partial charge in [0.25, 0.3) is 0 Å². The van der Waals surface area contributed by atoms with Crippen LogP contribution in [0.4, 0.5) is 0 Å². The molecule has 0 aromatic heterocycles. The first kappa shape index (κ1) is 21.3. The third kappa shape index (κ3) is 4.60. The fraction of sp³-hybridized carbons (Fsp3) is 0.400. The van der Waals surface area contributed by atoms with E-state index in [1.54, 1.807) is 0 Å². The minimum absolute atomic E-state index is 0.571. The van der Waals surface area contributed by atoms with Gasteiger partial charge in [-0.25, -0.2) is 4.79 Å². The summed E-state index contributed by atoms with van der Waals surface area (Å²) in [5.74, 6) is -0.960. The van der Waals surface area contributed by atoms with Gasteiger partial charge in [0.15, 0.2) is 6.10 Å². The predicted octanol–water partition coefficient (Wildman–Crippen LogP) is 5.33. The van der Waals surface area contributed by atoms with Gasteiger partial charge in [0.1, 0.15) is 0 Å². The Morgan fingerprint density at radius 2 is 1.62 bits per heavy atom. The number of benzene rings is 2. The van der Waals surface area contributed by atoms with Gasteiger partial charge in [-0.1, -0.05) is 42.0 Å². The first-order chi connectivity index (χ1) is 13.6. The van der Waals surface area contributed by atoms with Gasteiger partial charge < -0.3 is 15.2 Å². The summed E-state index contributed by atoms with van der Waals surface area (Å²) in [7, 11) is 0. The first-order valence-electron chi connectivity index (χ1n) is 10.1. The fourth-order valence-electron chi connectivity index (χ4n) is 3.97. The van der Waals surface area contributed by atoms with E-state index >= 15 is 0 Å². The molecule has 1 heterocycles. The monoisotopic (exact) mass is 393 g/mol. The molecule has 0 radical (unpaired) electrons. The lowest BCUT2D eigenvalue weighted by atomic mass is 9.85. The van der Waals surface area contributed by atoms with E-state index in [9.17, 15) is 9.90 Å². The molecule has 2 N–H and O–H groups in total. The molecule has 1 aliphatic heterocycles. The SMILES string of the molecule is Cc1ccc(C=Cc2c(C)c3c(c(C)c2[C@H](OC(C)(C)C)C(=O)O)CNC3)cc1. The van der Waals surface area contributed by atoms with Gasteiger partial charge in [-0.15, -0.1) is 0 Å². The zero-order chi connectivity index (χ0) is 21.3. The average molecular weight is 394 g/mol. The minimum atomic E-state index is -1.02. The number of rotatable bonds is 5. The molecule has 3 rings (SSSR count). The fourth-order valence-corrected chi connectivity index (χ4v) is 3.97. The molecule has 2 aromatic carbocycles. The number of carboxylic acids is 1. The van der Waals surface area contributed by atoms with E-state index in [2.05, 4.69) is 49.5 Å². The normalized spacial score (nSPS) is 15.0. The molecule has 0 spiro atoms. The van der Waals surface area contributed by atoms with Crippen LogP contribution in [-0.2, 0) is 22.6 Å². The third-order valence-corrected chi connectivity index (χ3v) is 5.45. The summed E-state index contributed by atoms with van der Waals surface area (Å²) in [6.45, 7) is 13.4. The molecule has 154 valence electrons.